The third kappa shape index (κ3) is 4.46. The minimum Gasteiger partial charge on any atom is -0.350 e. The van der Waals surface area contributed by atoms with Crippen molar-refractivity contribution in [1.29, 1.82) is 0 Å². The number of hydrogen-bond donors (Lipinski definition) is 2. The summed E-state index contributed by atoms with van der Waals surface area (Å²) in [6.07, 6.45) is 2.97. The average molecular weight is 316 g/mol. The van der Waals surface area contributed by atoms with Crippen LogP contribution in [0.25, 0.3) is 0 Å². The van der Waals surface area contributed by atoms with Crippen molar-refractivity contribution in [2.24, 2.45) is 5.92 Å². The SMILES string of the molecule is CCCn1cc(Br)cc1C(=O)NCC(C)CNC. The van der Waals surface area contributed by atoms with E-state index in [-0.39, 0.29) is 5.91 Å². The van der Waals surface area contributed by atoms with Gasteiger partial charge in [0.2, 0.25) is 0 Å². The summed E-state index contributed by atoms with van der Waals surface area (Å²) >= 11 is 3.42. The second-order valence-corrected chi connectivity index (χ2v) is 5.53. The van der Waals surface area contributed by atoms with Gasteiger partial charge in [-0.05, 0) is 47.9 Å². The molecule has 0 bridgehead atoms. The largest absolute Gasteiger partial charge is 0.350 e. The van der Waals surface area contributed by atoms with Crippen molar-refractivity contribution in [3.8, 4) is 0 Å². The third-order valence-corrected chi connectivity index (χ3v) is 3.16. The molecule has 0 aliphatic rings. The molecule has 0 aliphatic heterocycles. The van der Waals surface area contributed by atoms with Crippen molar-refractivity contribution in [3.63, 3.8) is 0 Å². The smallest absolute Gasteiger partial charge is 0.267 e. The number of carbonyl (C=O) groups is 1. The van der Waals surface area contributed by atoms with Gasteiger partial charge in [0.25, 0.3) is 5.91 Å². The maximum Gasteiger partial charge on any atom is 0.267 e. The number of carbonyl (C=O) groups excluding carboxylic acids is 1. The maximum absolute atomic E-state index is 12.1. The van der Waals surface area contributed by atoms with Crippen LogP contribution in [0.5, 0.6) is 0 Å². The highest BCUT2D eigenvalue weighted by molar-refractivity contribution is 9.10. The highest BCUT2D eigenvalue weighted by Gasteiger charge is 2.13. The molecule has 4 nitrogen and oxygen atoms in total. The van der Waals surface area contributed by atoms with E-state index in [0.29, 0.717) is 12.5 Å². The lowest BCUT2D eigenvalue weighted by Crippen LogP contribution is -2.33. The molecule has 0 saturated carbocycles. The molecule has 0 radical (unpaired) electrons. The first-order valence-corrected chi connectivity index (χ1v) is 7.16. The Bertz CT molecular complexity index is 390. The summed E-state index contributed by atoms with van der Waals surface area (Å²) in [6.45, 7) is 6.66. The number of aryl methyl sites for hydroxylation is 1. The van der Waals surface area contributed by atoms with Crippen molar-refractivity contribution >= 4 is 21.8 Å². The molecule has 1 aromatic rings. The van der Waals surface area contributed by atoms with Crippen LogP contribution in [-0.4, -0.2) is 30.6 Å². The van der Waals surface area contributed by atoms with Gasteiger partial charge in [-0.2, -0.15) is 0 Å². The number of amides is 1. The second kappa shape index (κ2) is 7.59. The van der Waals surface area contributed by atoms with E-state index in [4.69, 9.17) is 0 Å². The first kappa shape index (κ1) is 15.2. The predicted octanol–water partition coefficient (Wildman–Crippen LogP) is 2.25. The highest BCUT2D eigenvalue weighted by atomic mass is 79.9. The first-order chi connectivity index (χ1) is 8.58. The van der Waals surface area contributed by atoms with Crippen LogP contribution in [0.4, 0.5) is 0 Å². The molecule has 0 aliphatic carbocycles. The molecule has 102 valence electrons. The molecule has 1 amide bonds. The van der Waals surface area contributed by atoms with Gasteiger partial charge in [0.05, 0.1) is 0 Å². The monoisotopic (exact) mass is 315 g/mol. The van der Waals surface area contributed by atoms with E-state index >= 15 is 0 Å². The molecule has 1 atom stereocenters. The lowest BCUT2D eigenvalue weighted by Gasteiger charge is -2.13. The van der Waals surface area contributed by atoms with Crippen molar-refractivity contribution in [1.82, 2.24) is 15.2 Å². The van der Waals surface area contributed by atoms with Crippen molar-refractivity contribution in [2.45, 2.75) is 26.8 Å². The van der Waals surface area contributed by atoms with E-state index in [1.807, 2.05) is 23.9 Å². The Kier molecular flexibility index (Phi) is 6.43. The van der Waals surface area contributed by atoms with Crippen LogP contribution in [-0.2, 0) is 6.54 Å². The van der Waals surface area contributed by atoms with Gasteiger partial charge < -0.3 is 15.2 Å². The van der Waals surface area contributed by atoms with E-state index in [9.17, 15) is 4.79 Å². The summed E-state index contributed by atoms with van der Waals surface area (Å²) in [4.78, 5) is 12.1. The van der Waals surface area contributed by atoms with E-state index < -0.39 is 0 Å². The van der Waals surface area contributed by atoms with Crippen molar-refractivity contribution < 1.29 is 4.79 Å². The summed E-state index contributed by atoms with van der Waals surface area (Å²) in [7, 11) is 1.92. The Morgan fingerprint density at radius 3 is 2.83 bits per heavy atom. The quantitative estimate of drug-likeness (QED) is 0.810. The summed E-state index contributed by atoms with van der Waals surface area (Å²) in [5.41, 5.74) is 0.723. The van der Waals surface area contributed by atoms with Crippen LogP contribution in [0.2, 0.25) is 0 Å². The van der Waals surface area contributed by atoms with Crippen LogP contribution in [0.15, 0.2) is 16.7 Å². The minimum absolute atomic E-state index is 0.00268. The normalized spacial score (nSPS) is 12.4. The molecular formula is C13H22BrN3O. The first-order valence-electron chi connectivity index (χ1n) is 6.37. The van der Waals surface area contributed by atoms with Gasteiger partial charge in [-0.15, -0.1) is 0 Å². The molecule has 1 unspecified atom stereocenters. The Labute approximate surface area is 117 Å². The van der Waals surface area contributed by atoms with Gasteiger partial charge in [-0.1, -0.05) is 13.8 Å². The highest BCUT2D eigenvalue weighted by Crippen LogP contribution is 2.15. The number of aromatic nitrogens is 1. The zero-order chi connectivity index (χ0) is 13.5. The number of hydrogen-bond acceptors (Lipinski definition) is 2. The molecule has 2 N–H and O–H groups in total. The van der Waals surface area contributed by atoms with Gasteiger partial charge in [0.1, 0.15) is 5.69 Å². The molecule has 0 fully saturated rings. The number of rotatable bonds is 7. The molecular weight excluding hydrogens is 294 g/mol. The van der Waals surface area contributed by atoms with E-state index in [0.717, 1.165) is 29.7 Å². The standard InChI is InChI=1S/C13H22BrN3O/c1-4-5-17-9-11(14)6-12(17)13(18)16-8-10(2)7-15-3/h6,9-10,15H,4-5,7-8H2,1-3H3,(H,16,18). The molecule has 0 aromatic carbocycles. The van der Waals surface area contributed by atoms with Gasteiger partial charge >= 0.3 is 0 Å². The fourth-order valence-corrected chi connectivity index (χ4v) is 2.33. The lowest BCUT2D eigenvalue weighted by molar-refractivity contribution is 0.0938. The van der Waals surface area contributed by atoms with Gasteiger partial charge in [-0.3, -0.25) is 4.79 Å². The zero-order valence-corrected chi connectivity index (χ0v) is 12.9. The van der Waals surface area contributed by atoms with E-state index in [1.165, 1.54) is 0 Å². The minimum atomic E-state index is -0.00268. The van der Waals surface area contributed by atoms with E-state index in [1.54, 1.807) is 0 Å². The molecule has 1 heterocycles. The average Bonchev–Trinajstić information content (AvgIpc) is 2.68. The Morgan fingerprint density at radius 1 is 1.50 bits per heavy atom. The molecule has 1 aromatic heterocycles. The predicted molar refractivity (Wildman–Crippen MR) is 77.8 cm³/mol. The molecule has 0 spiro atoms. The molecule has 0 saturated heterocycles. The number of halogens is 1. The fourth-order valence-electron chi connectivity index (χ4n) is 1.87. The summed E-state index contributed by atoms with van der Waals surface area (Å²) in [5, 5.41) is 6.08. The number of nitrogens with one attached hydrogen (secondary N) is 2. The number of nitrogens with zero attached hydrogens (tertiary/aromatic N) is 1. The summed E-state index contributed by atoms with van der Waals surface area (Å²) in [6, 6.07) is 1.87. The molecule has 5 heteroatoms. The van der Waals surface area contributed by atoms with Gasteiger partial charge in [0.15, 0.2) is 0 Å². The van der Waals surface area contributed by atoms with E-state index in [2.05, 4.69) is 40.4 Å². The summed E-state index contributed by atoms with van der Waals surface area (Å²) in [5.74, 6) is 0.425. The van der Waals surface area contributed by atoms with Gasteiger partial charge in [0, 0.05) is 23.8 Å². The van der Waals surface area contributed by atoms with Crippen LogP contribution in [0.1, 0.15) is 30.8 Å². The topological polar surface area (TPSA) is 46.1 Å². The second-order valence-electron chi connectivity index (χ2n) is 4.61. The fraction of sp³-hybridized carbons (Fsp3) is 0.615. The third-order valence-electron chi connectivity index (χ3n) is 2.72. The zero-order valence-electron chi connectivity index (χ0n) is 11.3. The van der Waals surface area contributed by atoms with Crippen LogP contribution in [0.3, 0.4) is 0 Å². The van der Waals surface area contributed by atoms with Gasteiger partial charge in [-0.25, -0.2) is 0 Å². The van der Waals surface area contributed by atoms with Crippen LogP contribution < -0.4 is 10.6 Å². The molecule has 18 heavy (non-hydrogen) atoms. The van der Waals surface area contributed by atoms with Crippen molar-refractivity contribution in [3.05, 3.63) is 22.4 Å². The summed E-state index contributed by atoms with van der Waals surface area (Å²) < 4.78 is 2.94. The molecule has 1 rings (SSSR count). The van der Waals surface area contributed by atoms with Crippen molar-refractivity contribution in [2.75, 3.05) is 20.1 Å². The Hall–Kier alpha value is -0.810. The Morgan fingerprint density at radius 2 is 2.22 bits per heavy atom. The Balaban J connectivity index is 2.60. The van der Waals surface area contributed by atoms with Crippen LogP contribution in [0, 0.1) is 5.92 Å². The maximum atomic E-state index is 12.1. The van der Waals surface area contributed by atoms with Crippen LogP contribution >= 0.6 is 15.9 Å². The lowest BCUT2D eigenvalue weighted by atomic mass is 10.2.